The molecule has 29 heavy (non-hydrogen) atoms. The molecule has 0 aromatic heterocycles. The quantitative estimate of drug-likeness (QED) is 0.499. The van der Waals surface area contributed by atoms with Gasteiger partial charge in [0.05, 0.1) is 0 Å². The van der Waals surface area contributed by atoms with E-state index in [1.165, 1.54) is 12.1 Å². The fraction of sp³-hybridized carbons (Fsp3) is 0.231. The number of likely N-dealkylation sites (N-methyl/N-ethyl adjacent to an activating group) is 1. The van der Waals surface area contributed by atoms with Crippen LogP contribution in [0.4, 0.5) is 0 Å². The van der Waals surface area contributed by atoms with Crippen molar-refractivity contribution in [2.24, 2.45) is 0 Å². The molecule has 0 spiro atoms. The third-order valence-corrected chi connectivity index (χ3v) is 4.52. The van der Waals surface area contributed by atoms with Crippen LogP contribution < -0.4 is 4.74 Å². The summed E-state index contributed by atoms with van der Waals surface area (Å²) >= 11 is 0. The maximum Gasteiger partial charge on any atom is 0.119 e. The number of phenolic OH excluding ortho intramolecular Hbond substituents is 1. The molecular formula is C26H29NO2. The Labute approximate surface area is 180 Å². The van der Waals surface area contributed by atoms with Gasteiger partial charge in [0.1, 0.15) is 18.1 Å². The van der Waals surface area contributed by atoms with Crippen molar-refractivity contribution in [1.82, 2.24) is 4.90 Å². The minimum absolute atomic E-state index is 0.000459. The van der Waals surface area contributed by atoms with Crippen LogP contribution in [0.5, 0.6) is 11.5 Å². The molecule has 0 heterocycles. The predicted molar refractivity (Wildman–Crippen MR) is 121 cm³/mol. The zero-order valence-electron chi connectivity index (χ0n) is 21.7. The Morgan fingerprint density at radius 2 is 1.66 bits per heavy atom. The summed E-state index contributed by atoms with van der Waals surface area (Å²) in [7, 11) is 3.92. The molecule has 0 saturated carbocycles. The Hall–Kier alpha value is -3.04. The molecule has 0 aliphatic heterocycles. The van der Waals surface area contributed by atoms with Crippen LogP contribution in [0.15, 0.2) is 78.9 Å². The molecule has 0 atom stereocenters. The molecule has 3 rings (SSSR count). The summed E-state index contributed by atoms with van der Waals surface area (Å²) in [6, 6.07) is 22.2. The molecule has 1 N–H and O–H groups in total. The van der Waals surface area contributed by atoms with Crippen LogP contribution in [0.1, 0.15) is 36.8 Å². The van der Waals surface area contributed by atoms with Crippen molar-refractivity contribution in [3.8, 4) is 11.5 Å². The highest BCUT2D eigenvalue weighted by atomic mass is 16.5. The first-order valence-corrected chi connectivity index (χ1v) is 9.48. The summed E-state index contributed by atoms with van der Waals surface area (Å²) in [5.41, 5.74) is 1.99. The zero-order valence-corrected chi connectivity index (χ0v) is 16.7. The molecule has 3 heteroatoms. The molecule has 0 unspecified atom stereocenters. The van der Waals surface area contributed by atoms with E-state index in [-0.39, 0.29) is 11.3 Å². The van der Waals surface area contributed by atoms with E-state index in [0.29, 0.717) is 34.6 Å². The van der Waals surface area contributed by atoms with Crippen LogP contribution in [0.3, 0.4) is 0 Å². The van der Waals surface area contributed by atoms with Crippen molar-refractivity contribution in [2.45, 2.75) is 13.2 Å². The summed E-state index contributed by atoms with van der Waals surface area (Å²) in [6.07, 6.45) is -2.67. The second-order valence-corrected chi connectivity index (χ2v) is 6.97. The number of allylic oxidation sites excluding steroid dienone is 1. The van der Waals surface area contributed by atoms with Gasteiger partial charge in [-0.3, -0.25) is 0 Å². The number of hydrogen-bond acceptors (Lipinski definition) is 3. The number of phenols is 1. The maximum absolute atomic E-state index is 10.2. The Balaban J connectivity index is 2.25. The molecule has 0 aliphatic rings. The van der Waals surface area contributed by atoms with Crippen molar-refractivity contribution in [3.63, 3.8) is 0 Å². The van der Waals surface area contributed by atoms with Gasteiger partial charge in [0.25, 0.3) is 0 Å². The van der Waals surface area contributed by atoms with E-state index < -0.39 is 13.2 Å². The Morgan fingerprint density at radius 3 is 2.31 bits per heavy atom. The first kappa shape index (κ1) is 14.9. The highest BCUT2D eigenvalue weighted by Crippen LogP contribution is 2.35. The molecule has 3 nitrogen and oxygen atoms in total. The molecule has 3 aromatic rings. The van der Waals surface area contributed by atoms with Gasteiger partial charge in [-0.2, -0.15) is 0 Å². The summed E-state index contributed by atoms with van der Waals surface area (Å²) in [4.78, 5) is 2.01. The summed E-state index contributed by atoms with van der Waals surface area (Å²) in [6.45, 7) is -1.65. The number of hydrogen-bond donors (Lipinski definition) is 1. The number of rotatable bonds is 8. The monoisotopic (exact) mass is 392 g/mol. The van der Waals surface area contributed by atoms with E-state index in [1.807, 2.05) is 19.0 Å². The van der Waals surface area contributed by atoms with Crippen molar-refractivity contribution >= 4 is 11.1 Å². The highest BCUT2D eigenvalue weighted by molar-refractivity contribution is 5.98. The van der Waals surface area contributed by atoms with Gasteiger partial charge in [-0.25, -0.2) is 0 Å². The lowest BCUT2D eigenvalue weighted by Crippen LogP contribution is -2.19. The van der Waals surface area contributed by atoms with E-state index in [2.05, 4.69) is 0 Å². The van der Waals surface area contributed by atoms with Crippen LogP contribution in [0.25, 0.3) is 11.1 Å². The lowest BCUT2D eigenvalue weighted by atomic mass is 9.88. The van der Waals surface area contributed by atoms with Crippen LogP contribution >= 0.6 is 0 Å². The first-order valence-electron chi connectivity index (χ1n) is 12.0. The van der Waals surface area contributed by atoms with Gasteiger partial charge in [-0.1, -0.05) is 61.4 Å². The summed E-state index contributed by atoms with van der Waals surface area (Å²) < 4.78 is 47.1. The molecule has 0 radical (unpaired) electrons. The van der Waals surface area contributed by atoms with Crippen LogP contribution in [0.2, 0.25) is 0 Å². The van der Waals surface area contributed by atoms with Gasteiger partial charge in [0.15, 0.2) is 0 Å². The smallest absolute Gasteiger partial charge is 0.119 e. The van der Waals surface area contributed by atoms with Gasteiger partial charge in [-0.15, -0.1) is 0 Å². The average molecular weight is 393 g/mol. The van der Waals surface area contributed by atoms with E-state index in [4.69, 9.17) is 11.6 Å². The second-order valence-electron chi connectivity index (χ2n) is 6.97. The summed E-state index contributed by atoms with van der Waals surface area (Å²) in [5, 5.41) is 10.2. The van der Waals surface area contributed by atoms with Crippen LogP contribution in [0, 0.1) is 0 Å². The molecule has 0 bridgehead atoms. The van der Waals surface area contributed by atoms with Crippen LogP contribution in [-0.2, 0) is 0 Å². The average Bonchev–Trinajstić information content (AvgIpc) is 2.77. The Morgan fingerprint density at radius 1 is 0.931 bits per heavy atom. The molecule has 3 aromatic carbocycles. The van der Waals surface area contributed by atoms with Gasteiger partial charge in [0.2, 0.25) is 0 Å². The minimum atomic E-state index is -2.92. The first-order chi connectivity index (χ1) is 16.0. The van der Waals surface area contributed by atoms with E-state index in [1.54, 1.807) is 66.7 Å². The molecule has 150 valence electrons. The summed E-state index contributed by atoms with van der Waals surface area (Å²) in [5.74, 6) is 0.654. The minimum Gasteiger partial charge on any atom is -0.508 e. The maximum atomic E-state index is 10.2. The third kappa shape index (κ3) is 5.49. The van der Waals surface area contributed by atoms with Crippen molar-refractivity contribution < 1.29 is 16.7 Å². The van der Waals surface area contributed by atoms with Crippen LogP contribution in [-0.4, -0.2) is 37.3 Å². The van der Waals surface area contributed by atoms with Gasteiger partial charge < -0.3 is 14.7 Å². The SMILES string of the molecule is [2H]C([2H])([2H])C([2H])([2H])C(=C(c1ccc(OCCN(C)C)cc1)c1cccc(O)c1)c1ccccc1. The second kappa shape index (κ2) is 9.94. The number of ether oxygens (including phenoxy) is 1. The zero-order chi connectivity index (χ0) is 24.9. The molecular weight excluding hydrogens is 358 g/mol. The predicted octanol–water partition coefficient (Wildman–Crippen LogP) is 5.70. The number of aromatic hydroxyl groups is 1. The van der Waals surface area contributed by atoms with E-state index in [9.17, 15) is 5.11 Å². The third-order valence-electron chi connectivity index (χ3n) is 4.52. The molecule has 0 aliphatic carbocycles. The van der Waals surface area contributed by atoms with Gasteiger partial charge in [-0.05, 0) is 72.6 Å². The van der Waals surface area contributed by atoms with Crippen molar-refractivity contribution in [2.75, 3.05) is 27.2 Å². The van der Waals surface area contributed by atoms with Gasteiger partial charge in [0, 0.05) is 13.4 Å². The largest absolute Gasteiger partial charge is 0.508 e. The van der Waals surface area contributed by atoms with Crippen molar-refractivity contribution in [3.05, 3.63) is 95.6 Å². The lowest BCUT2D eigenvalue weighted by Gasteiger charge is -2.17. The fourth-order valence-electron chi connectivity index (χ4n) is 3.06. The van der Waals surface area contributed by atoms with E-state index >= 15 is 0 Å². The lowest BCUT2D eigenvalue weighted by molar-refractivity contribution is 0.261. The Bertz CT molecular complexity index is 1120. The fourth-order valence-corrected chi connectivity index (χ4v) is 3.06. The van der Waals surface area contributed by atoms with Gasteiger partial charge >= 0.3 is 0 Å². The number of nitrogens with zero attached hydrogens (tertiary/aromatic N) is 1. The normalized spacial score (nSPS) is 15.5. The van der Waals surface area contributed by atoms with Crippen molar-refractivity contribution in [1.29, 1.82) is 0 Å². The standard InChI is InChI=1S/C26H29NO2/c1-4-25(20-9-6-5-7-10-20)26(22-11-8-12-23(28)19-22)21-13-15-24(16-14-21)29-18-17-27(2)3/h5-16,19,28H,4,17-18H2,1-3H3/i1D3,4D2. The van der Waals surface area contributed by atoms with E-state index in [0.717, 1.165) is 6.54 Å². The molecule has 0 amide bonds. The molecule has 0 saturated heterocycles. The Kier molecular flexibility index (Phi) is 5.10. The highest BCUT2D eigenvalue weighted by Gasteiger charge is 2.13. The number of benzene rings is 3. The molecule has 0 fully saturated rings. The topological polar surface area (TPSA) is 32.7 Å².